The van der Waals surface area contributed by atoms with Gasteiger partial charge in [-0.3, -0.25) is 0 Å². The first-order valence-corrected chi connectivity index (χ1v) is 12.4. The molecule has 0 unspecified atom stereocenters. The fourth-order valence-electron chi connectivity index (χ4n) is 4.87. The molecule has 0 bridgehead atoms. The van der Waals surface area contributed by atoms with E-state index in [1.165, 1.54) is 41.5 Å². The Morgan fingerprint density at radius 1 is 0.485 bits per heavy atom. The summed E-state index contributed by atoms with van der Waals surface area (Å²) in [5.74, 6) is -4.77. The minimum atomic E-state index is -4.88. The number of rotatable bonds is 16. The zero-order chi connectivity index (χ0) is 26.6. The van der Waals surface area contributed by atoms with Crippen LogP contribution in [0.15, 0.2) is 0 Å². The maximum atomic E-state index is 16.0. The van der Waals surface area contributed by atoms with Gasteiger partial charge in [-0.15, -0.1) is 0 Å². The Labute approximate surface area is 197 Å². The van der Waals surface area contributed by atoms with Crippen molar-refractivity contribution in [3.63, 3.8) is 0 Å². The summed E-state index contributed by atoms with van der Waals surface area (Å²) in [7, 11) is 0. The summed E-state index contributed by atoms with van der Waals surface area (Å²) in [6.07, 6.45) is -9.98. The molecule has 0 aliphatic rings. The normalized spacial score (nSPS) is 15.3. The third-order valence-corrected chi connectivity index (χ3v) is 8.65. The predicted molar refractivity (Wildman–Crippen MR) is 121 cm³/mol. The van der Waals surface area contributed by atoms with E-state index in [2.05, 4.69) is 0 Å². The molecule has 0 atom stereocenters. The van der Waals surface area contributed by atoms with Crippen molar-refractivity contribution in [2.24, 2.45) is 10.8 Å². The lowest BCUT2D eigenvalue weighted by atomic mass is 9.60. The van der Waals surface area contributed by atoms with Crippen LogP contribution in [-0.2, 0) is 9.47 Å². The molecule has 0 aromatic heterocycles. The second kappa shape index (κ2) is 11.0. The van der Waals surface area contributed by atoms with E-state index < -0.39 is 53.0 Å². The lowest BCUT2D eigenvalue weighted by Gasteiger charge is -2.56. The SMILES string of the molecule is CCC(C)(CC)OC(F)(F)C(F)(F)C(CC)(CC)C(CC)(CC)OC(F)(F)C(C)(CC)CC. The molecule has 8 heteroatoms. The summed E-state index contributed by atoms with van der Waals surface area (Å²) >= 11 is 0. The molecule has 0 rings (SSSR count). The van der Waals surface area contributed by atoms with E-state index in [-0.39, 0.29) is 38.5 Å². The van der Waals surface area contributed by atoms with Crippen molar-refractivity contribution in [1.82, 2.24) is 0 Å². The molecule has 0 aliphatic carbocycles. The Morgan fingerprint density at radius 2 is 0.879 bits per heavy atom. The van der Waals surface area contributed by atoms with Gasteiger partial charge in [-0.2, -0.15) is 26.3 Å². The molecule has 0 saturated carbocycles. The molecule has 0 fully saturated rings. The predicted octanol–water partition coefficient (Wildman–Crippen LogP) is 9.61. The Bertz CT molecular complexity index is 590. The number of hydrogen-bond acceptors (Lipinski definition) is 2. The van der Waals surface area contributed by atoms with Crippen LogP contribution in [0, 0.1) is 10.8 Å². The van der Waals surface area contributed by atoms with Crippen LogP contribution in [0.2, 0.25) is 0 Å². The second-order valence-electron chi connectivity index (χ2n) is 9.73. The van der Waals surface area contributed by atoms with Crippen molar-refractivity contribution in [2.75, 3.05) is 0 Å². The summed E-state index contributed by atoms with van der Waals surface area (Å²) in [5, 5.41) is 0. The number of hydrogen-bond donors (Lipinski definition) is 0. The fourth-order valence-corrected chi connectivity index (χ4v) is 4.87. The number of ether oxygens (including phenoxy) is 2. The number of halogens is 6. The van der Waals surface area contributed by atoms with Gasteiger partial charge in [0.2, 0.25) is 0 Å². The standard InChI is InChI=1S/C25H46F6O2/c1-11-19(9,12-2)24(28,29)33-22(17-7,18-8)21(15-5,16-6)23(26,27)25(30,31)32-20(10,13-3)14-4/h11-18H2,1-10H3. The third-order valence-electron chi connectivity index (χ3n) is 8.65. The summed E-state index contributed by atoms with van der Waals surface area (Å²) < 4.78 is 104. The molecular formula is C25H46F6O2. The first-order valence-electron chi connectivity index (χ1n) is 12.4. The molecule has 0 radical (unpaired) electrons. The molecule has 0 spiro atoms. The van der Waals surface area contributed by atoms with Crippen LogP contribution in [-0.4, -0.2) is 29.3 Å². The van der Waals surface area contributed by atoms with Gasteiger partial charge in [-0.25, -0.2) is 0 Å². The minimum Gasteiger partial charge on any atom is -0.313 e. The minimum absolute atomic E-state index is 0.0340. The molecule has 0 aromatic rings. The molecule has 0 aromatic carbocycles. The van der Waals surface area contributed by atoms with E-state index >= 15 is 26.3 Å². The molecule has 200 valence electrons. The average Bonchev–Trinajstić information content (AvgIpc) is 2.77. The zero-order valence-electron chi connectivity index (χ0n) is 22.2. The first kappa shape index (κ1) is 32.5. The van der Waals surface area contributed by atoms with Gasteiger partial charge in [-0.05, 0) is 58.3 Å². The van der Waals surface area contributed by atoms with E-state index in [1.807, 2.05) is 0 Å². The summed E-state index contributed by atoms with van der Waals surface area (Å²) in [4.78, 5) is 0. The van der Waals surface area contributed by atoms with E-state index in [1.54, 1.807) is 27.7 Å². The summed E-state index contributed by atoms with van der Waals surface area (Å²) in [5.41, 5.74) is -7.93. The lowest BCUT2D eigenvalue weighted by molar-refractivity contribution is -0.444. The fraction of sp³-hybridized carbons (Fsp3) is 1.00. The van der Waals surface area contributed by atoms with Crippen LogP contribution >= 0.6 is 0 Å². The Balaban J connectivity index is 6.94. The van der Waals surface area contributed by atoms with Gasteiger partial charge in [-0.1, -0.05) is 62.3 Å². The molecular weight excluding hydrogens is 446 g/mol. The van der Waals surface area contributed by atoms with Crippen LogP contribution in [0.1, 0.15) is 121 Å². The quantitative estimate of drug-likeness (QED) is 0.200. The van der Waals surface area contributed by atoms with E-state index in [4.69, 9.17) is 9.47 Å². The van der Waals surface area contributed by atoms with Crippen LogP contribution in [0.5, 0.6) is 0 Å². The van der Waals surface area contributed by atoms with Crippen LogP contribution in [0.4, 0.5) is 26.3 Å². The lowest BCUT2D eigenvalue weighted by Crippen LogP contribution is -2.68. The monoisotopic (exact) mass is 492 g/mol. The Kier molecular flexibility index (Phi) is 10.9. The molecule has 0 N–H and O–H groups in total. The Hall–Kier alpha value is -0.500. The van der Waals surface area contributed by atoms with Gasteiger partial charge in [0.05, 0.1) is 22.0 Å². The van der Waals surface area contributed by atoms with E-state index in [0.717, 1.165) is 0 Å². The second-order valence-corrected chi connectivity index (χ2v) is 9.73. The molecule has 0 heterocycles. The van der Waals surface area contributed by atoms with Crippen LogP contribution in [0.25, 0.3) is 0 Å². The highest BCUT2D eigenvalue weighted by Crippen LogP contribution is 2.62. The molecule has 2 nitrogen and oxygen atoms in total. The zero-order valence-corrected chi connectivity index (χ0v) is 22.2. The van der Waals surface area contributed by atoms with Gasteiger partial charge in [0, 0.05) is 0 Å². The van der Waals surface area contributed by atoms with Gasteiger partial charge in [0.15, 0.2) is 0 Å². The Morgan fingerprint density at radius 3 is 1.15 bits per heavy atom. The molecule has 0 amide bonds. The summed E-state index contributed by atoms with van der Waals surface area (Å²) in [6, 6.07) is 0. The molecule has 0 saturated heterocycles. The molecule has 0 aliphatic heterocycles. The highest BCUT2D eigenvalue weighted by molar-refractivity contribution is 5.10. The highest BCUT2D eigenvalue weighted by atomic mass is 19.3. The van der Waals surface area contributed by atoms with Crippen molar-refractivity contribution in [3.8, 4) is 0 Å². The van der Waals surface area contributed by atoms with Gasteiger partial charge < -0.3 is 9.47 Å². The largest absolute Gasteiger partial charge is 0.420 e. The van der Waals surface area contributed by atoms with Crippen LogP contribution in [0.3, 0.4) is 0 Å². The maximum absolute atomic E-state index is 16.0. The van der Waals surface area contributed by atoms with Gasteiger partial charge in [0.25, 0.3) is 0 Å². The van der Waals surface area contributed by atoms with Gasteiger partial charge in [0.1, 0.15) is 0 Å². The average molecular weight is 493 g/mol. The first-order chi connectivity index (χ1) is 14.9. The topological polar surface area (TPSA) is 18.5 Å². The van der Waals surface area contributed by atoms with Crippen molar-refractivity contribution in [3.05, 3.63) is 0 Å². The highest BCUT2D eigenvalue weighted by Gasteiger charge is 2.76. The number of alkyl halides is 6. The van der Waals surface area contributed by atoms with Crippen molar-refractivity contribution < 1.29 is 35.8 Å². The smallest absolute Gasteiger partial charge is 0.313 e. The van der Waals surface area contributed by atoms with Crippen molar-refractivity contribution in [2.45, 2.75) is 150 Å². The maximum Gasteiger partial charge on any atom is 0.420 e. The molecule has 33 heavy (non-hydrogen) atoms. The van der Waals surface area contributed by atoms with E-state index in [9.17, 15) is 0 Å². The van der Waals surface area contributed by atoms with E-state index in [0.29, 0.717) is 0 Å². The van der Waals surface area contributed by atoms with Crippen molar-refractivity contribution >= 4 is 0 Å². The van der Waals surface area contributed by atoms with Gasteiger partial charge >= 0.3 is 18.1 Å². The van der Waals surface area contributed by atoms with Crippen LogP contribution < -0.4 is 0 Å². The third kappa shape index (κ3) is 5.36. The summed E-state index contributed by atoms with van der Waals surface area (Å²) in [6.45, 7) is 14.5. The van der Waals surface area contributed by atoms with Crippen molar-refractivity contribution in [1.29, 1.82) is 0 Å².